The lowest BCUT2D eigenvalue weighted by Gasteiger charge is -2.25. The van der Waals surface area contributed by atoms with Gasteiger partial charge in [0.2, 0.25) is 0 Å². The van der Waals surface area contributed by atoms with Gasteiger partial charge in [-0.05, 0) is 37.4 Å². The van der Waals surface area contributed by atoms with Crippen molar-refractivity contribution in [3.05, 3.63) is 23.8 Å². The molecule has 0 spiro atoms. The Morgan fingerprint density at radius 1 is 1.24 bits per heavy atom. The molecular formula is C17H25NO3. The van der Waals surface area contributed by atoms with Crippen LogP contribution in [0.4, 0.5) is 0 Å². The normalized spacial score (nSPS) is 23.2. The highest BCUT2D eigenvalue weighted by Gasteiger charge is 2.21. The van der Waals surface area contributed by atoms with Crippen LogP contribution in [0.3, 0.4) is 0 Å². The lowest BCUT2D eigenvalue weighted by molar-refractivity contribution is 0.0245. The van der Waals surface area contributed by atoms with Gasteiger partial charge in [0.15, 0.2) is 11.5 Å². The van der Waals surface area contributed by atoms with Crippen LogP contribution in [0.2, 0.25) is 0 Å². The van der Waals surface area contributed by atoms with E-state index < -0.39 is 0 Å². The first-order valence-corrected chi connectivity index (χ1v) is 8.00. The van der Waals surface area contributed by atoms with Crippen LogP contribution in [0.5, 0.6) is 11.5 Å². The molecule has 1 aromatic carbocycles. The van der Waals surface area contributed by atoms with Crippen LogP contribution in [-0.2, 0) is 11.2 Å². The summed E-state index contributed by atoms with van der Waals surface area (Å²) in [4.78, 5) is 0. The van der Waals surface area contributed by atoms with E-state index in [1.54, 1.807) is 7.11 Å². The number of ether oxygens (including phenoxy) is 3. The smallest absolute Gasteiger partial charge is 0.163 e. The maximum atomic E-state index is 6.16. The molecule has 1 N–H and O–H groups in total. The Morgan fingerprint density at radius 3 is 2.81 bits per heavy atom. The van der Waals surface area contributed by atoms with Crippen molar-refractivity contribution in [1.82, 2.24) is 5.32 Å². The van der Waals surface area contributed by atoms with Crippen molar-refractivity contribution < 1.29 is 14.2 Å². The Hall–Kier alpha value is -1.26. The van der Waals surface area contributed by atoms with E-state index in [1.165, 1.54) is 18.4 Å². The minimum atomic E-state index is 0.243. The predicted molar refractivity (Wildman–Crippen MR) is 82.2 cm³/mol. The maximum Gasteiger partial charge on any atom is 0.163 e. The average Bonchev–Trinajstić information content (AvgIpc) is 3.02. The summed E-state index contributed by atoms with van der Waals surface area (Å²) in [6.07, 6.45) is 5.68. The van der Waals surface area contributed by atoms with Gasteiger partial charge in [-0.1, -0.05) is 12.1 Å². The average molecular weight is 291 g/mol. The molecule has 1 unspecified atom stereocenters. The van der Waals surface area contributed by atoms with Crippen LogP contribution < -0.4 is 14.8 Å². The van der Waals surface area contributed by atoms with E-state index in [1.807, 2.05) is 6.07 Å². The molecule has 2 heterocycles. The molecule has 2 fully saturated rings. The van der Waals surface area contributed by atoms with Crippen molar-refractivity contribution in [3.63, 3.8) is 0 Å². The molecule has 4 heteroatoms. The lowest BCUT2D eigenvalue weighted by atomic mass is 10.0. The van der Waals surface area contributed by atoms with Gasteiger partial charge in [-0.3, -0.25) is 0 Å². The van der Waals surface area contributed by atoms with Gasteiger partial charge in [-0.2, -0.15) is 0 Å². The van der Waals surface area contributed by atoms with Crippen molar-refractivity contribution in [3.8, 4) is 11.5 Å². The minimum Gasteiger partial charge on any atom is -0.493 e. The number of benzene rings is 1. The number of rotatable bonds is 5. The van der Waals surface area contributed by atoms with Crippen LogP contribution in [-0.4, -0.2) is 39.0 Å². The van der Waals surface area contributed by atoms with Crippen LogP contribution in [0.25, 0.3) is 0 Å². The van der Waals surface area contributed by atoms with Gasteiger partial charge in [-0.15, -0.1) is 0 Å². The molecule has 0 bridgehead atoms. The zero-order valence-corrected chi connectivity index (χ0v) is 12.8. The minimum absolute atomic E-state index is 0.243. The summed E-state index contributed by atoms with van der Waals surface area (Å²) in [5.41, 5.74) is 1.24. The molecule has 0 radical (unpaired) electrons. The third kappa shape index (κ3) is 3.69. The zero-order chi connectivity index (χ0) is 14.5. The van der Waals surface area contributed by atoms with E-state index in [0.717, 1.165) is 50.5 Å². The standard InChI is InChI=1S/C17H25NO3/c1-19-17-13(12-14-5-3-9-18-14)4-2-6-16(17)21-15-7-10-20-11-8-15/h2,4,6,14-15,18H,3,5,7-12H2,1H3. The SMILES string of the molecule is COc1c(CC2CCCN2)cccc1OC1CCOCC1. The molecule has 4 nitrogen and oxygen atoms in total. The molecule has 3 rings (SSSR count). The topological polar surface area (TPSA) is 39.7 Å². The quantitative estimate of drug-likeness (QED) is 0.905. The first-order valence-electron chi connectivity index (χ1n) is 8.00. The molecule has 2 aliphatic heterocycles. The van der Waals surface area contributed by atoms with E-state index in [2.05, 4.69) is 17.4 Å². The van der Waals surface area contributed by atoms with E-state index in [9.17, 15) is 0 Å². The molecule has 0 saturated carbocycles. The number of nitrogens with one attached hydrogen (secondary N) is 1. The Balaban J connectivity index is 1.72. The van der Waals surface area contributed by atoms with E-state index in [-0.39, 0.29) is 6.10 Å². The van der Waals surface area contributed by atoms with Gasteiger partial charge in [0.25, 0.3) is 0 Å². The van der Waals surface area contributed by atoms with Gasteiger partial charge in [0, 0.05) is 18.9 Å². The Morgan fingerprint density at radius 2 is 2.10 bits per heavy atom. The van der Waals surface area contributed by atoms with Crippen LogP contribution in [0, 0.1) is 0 Å². The summed E-state index contributed by atoms with van der Waals surface area (Å²) in [5.74, 6) is 1.78. The van der Waals surface area contributed by atoms with E-state index in [4.69, 9.17) is 14.2 Å². The number of hydrogen-bond acceptors (Lipinski definition) is 4. The number of methoxy groups -OCH3 is 1. The van der Waals surface area contributed by atoms with Crippen LogP contribution in [0.15, 0.2) is 18.2 Å². The summed E-state index contributed by atoms with van der Waals surface area (Å²) >= 11 is 0. The van der Waals surface area contributed by atoms with Crippen LogP contribution in [0.1, 0.15) is 31.2 Å². The first kappa shape index (κ1) is 14.7. The number of para-hydroxylation sites is 1. The van der Waals surface area contributed by atoms with Crippen LogP contribution >= 0.6 is 0 Å². The van der Waals surface area contributed by atoms with Gasteiger partial charge in [0.05, 0.1) is 20.3 Å². The molecule has 0 amide bonds. The second-order valence-corrected chi connectivity index (χ2v) is 5.88. The fourth-order valence-electron chi connectivity index (χ4n) is 3.22. The predicted octanol–water partition coefficient (Wildman–Crippen LogP) is 2.55. The summed E-state index contributed by atoms with van der Waals surface area (Å²) in [6.45, 7) is 2.71. The van der Waals surface area contributed by atoms with Crippen molar-refractivity contribution in [2.75, 3.05) is 26.9 Å². The Labute approximate surface area is 126 Å². The molecule has 0 aromatic heterocycles. The second kappa shape index (κ2) is 7.14. The largest absolute Gasteiger partial charge is 0.493 e. The molecule has 21 heavy (non-hydrogen) atoms. The third-order valence-corrected chi connectivity index (χ3v) is 4.36. The van der Waals surface area contributed by atoms with Gasteiger partial charge in [-0.25, -0.2) is 0 Å². The molecule has 1 atom stereocenters. The fourth-order valence-corrected chi connectivity index (χ4v) is 3.22. The summed E-state index contributed by atoms with van der Waals surface area (Å²) < 4.78 is 17.2. The molecule has 2 saturated heterocycles. The molecular weight excluding hydrogens is 266 g/mol. The zero-order valence-electron chi connectivity index (χ0n) is 12.8. The fraction of sp³-hybridized carbons (Fsp3) is 0.647. The highest BCUT2D eigenvalue weighted by molar-refractivity contribution is 5.47. The maximum absolute atomic E-state index is 6.16. The van der Waals surface area contributed by atoms with Gasteiger partial charge < -0.3 is 19.5 Å². The Bertz CT molecular complexity index is 451. The summed E-state index contributed by atoms with van der Waals surface area (Å²) in [7, 11) is 1.73. The first-order chi connectivity index (χ1) is 10.4. The van der Waals surface area contributed by atoms with Gasteiger partial charge >= 0.3 is 0 Å². The monoisotopic (exact) mass is 291 g/mol. The lowest BCUT2D eigenvalue weighted by Crippen LogP contribution is -2.26. The van der Waals surface area contributed by atoms with E-state index in [0.29, 0.717) is 6.04 Å². The summed E-state index contributed by atoms with van der Waals surface area (Å²) in [5, 5.41) is 3.54. The Kier molecular flexibility index (Phi) is 4.99. The third-order valence-electron chi connectivity index (χ3n) is 4.36. The number of hydrogen-bond donors (Lipinski definition) is 1. The molecule has 2 aliphatic rings. The molecule has 116 valence electrons. The summed E-state index contributed by atoms with van der Waals surface area (Å²) in [6, 6.07) is 6.80. The highest BCUT2D eigenvalue weighted by Crippen LogP contribution is 2.34. The second-order valence-electron chi connectivity index (χ2n) is 5.88. The highest BCUT2D eigenvalue weighted by atomic mass is 16.5. The van der Waals surface area contributed by atoms with Crippen molar-refractivity contribution in [2.24, 2.45) is 0 Å². The van der Waals surface area contributed by atoms with Crippen molar-refractivity contribution >= 4 is 0 Å². The van der Waals surface area contributed by atoms with Crippen molar-refractivity contribution in [2.45, 2.75) is 44.2 Å². The molecule has 0 aliphatic carbocycles. The van der Waals surface area contributed by atoms with E-state index >= 15 is 0 Å². The molecule has 1 aromatic rings. The van der Waals surface area contributed by atoms with Gasteiger partial charge in [0.1, 0.15) is 6.10 Å². The van der Waals surface area contributed by atoms with Crippen molar-refractivity contribution in [1.29, 1.82) is 0 Å².